The Bertz CT molecular complexity index is 789. The number of carbonyl (C=O) groups excluding carboxylic acids is 2. The molecule has 0 saturated heterocycles. The molecule has 0 unspecified atom stereocenters. The van der Waals surface area contributed by atoms with Crippen molar-refractivity contribution in [3.8, 4) is 0 Å². The van der Waals surface area contributed by atoms with E-state index in [1.165, 1.54) is 29.5 Å². The first-order valence-electron chi connectivity index (χ1n) is 8.08. The molecule has 0 saturated carbocycles. The van der Waals surface area contributed by atoms with Crippen LogP contribution >= 0.6 is 11.3 Å². The van der Waals surface area contributed by atoms with E-state index in [9.17, 15) is 19.7 Å². The van der Waals surface area contributed by atoms with Gasteiger partial charge in [0.15, 0.2) is 0 Å². The number of nitro groups is 1. The molecule has 0 aliphatic carbocycles. The van der Waals surface area contributed by atoms with Crippen molar-refractivity contribution in [2.24, 2.45) is 5.92 Å². The minimum atomic E-state index is -0.814. The number of amides is 1. The number of carbonyl (C=O) groups is 2. The first-order chi connectivity index (χ1) is 12.3. The van der Waals surface area contributed by atoms with Gasteiger partial charge in [0.25, 0.3) is 11.6 Å². The van der Waals surface area contributed by atoms with Crippen LogP contribution < -0.4 is 5.32 Å². The van der Waals surface area contributed by atoms with Crippen LogP contribution in [0.25, 0.3) is 0 Å². The molecule has 0 fully saturated rings. The van der Waals surface area contributed by atoms with E-state index in [1.807, 2.05) is 0 Å². The lowest BCUT2D eigenvalue weighted by Crippen LogP contribution is -2.45. The molecule has 7 nitrogen and oxygen atoms in total. The standard InChI is InChI=1S/C18H20N2O5S/c1-11(2)16(19-17(21)15-8-5-9-26-15)18(22)25-12(3)13-6-4-7-14(10-13)20(23)24/h4-12,16H,1-3H3,(H,19,21)/t12-,16+/m1/s1. The van der Waals surface area contributed by atoms with E-state index in [4.69, 9.17) is 4.74 Å². The lowest BCUT2D eigenvalue weighted by Gasteiger charge is -2.23. The molecule has 1 amide bonds. The molecule has 2 aromatic rings. The van der Waals surface area contributed by atoms with Crippen molar-refractivity contribution in [1.82, 2.24) is 5.32 Å². The van der Waals surface area contributed by atoms with Gasteiger partial charge in [0.05, 0.1) is 9.80 Å². The minimum Gasteiger partial charge on any atom is -0.456 e. The Kier molecular flexibility index (Phi) is 6.46. The second-order valence-corrected chi connectivity index (χ2v) is 7.05. The number of non-ortho nitro benzene ring substituents is 1. The van der Waals surface area contributed by atoms with Crippen molar-refractivity contribution in [3.63, 3.8) is 0 Å². The maximum atomic E-state index is 12.5. The molecule has 2 atom stereocenters. The molecule has 1 N–H and O–H groups in total. The van der Waals surface area contributed by atoms with Gasteiger partial charge in [-0.3, -0.25) is 14.9 Å². The lowest BCUT2D eigenvalue weighted by atomic mass is 10.0. The van der Waals surface area contributed by atoms with E-state index in [0.717, 1.165) is 0 Å². The average molecular weight is 376 g/mol. The second kappa shape index (κ2) is 8.57. The zero-order chi connectivity index (χ0) is 19.3. The van der Waals surface area contributed by atoms with Gasteiger partial charge in [-0.25, -0.2) is 4.79 Å². The Labute approximate surface area is 155 Å². The van der Waals surface area contributed by atoms with Gasteiger partial charge in [-0.05, 0) is 29.9 Å². The summed E-state index contributed by atoms with van der Waals surface area (Å²) in [5, 5.41) is 15.4. The molecule has 1 aromatic carbocycles. The van der Waals surface area contributed by atoms with Crippen LogP contribution in [0.2, 0.25) is 0 Å². The molecule has 0 spiro atoms. The highest BCUT2D eigenvalue weighted by Gasteiger charge is 2.28. The van der Waals surface area contributed by atoms with Crippen LogP contribution in [0.5, 0.6) is 0 Å². The van der Waals surface area contributed by atoms with Gasteiger partial charge in [0.1, 0.15) is 12.1 Å². The molecular formula is C18H20N2O5S. The first kappa shape index (κ1) is 19.6. The summed E-state index contributed by atoms with van der Waals surface area (Å²) in [6.07, 6.45) is -0.678. The predicted octanol–water partition coefficient (Wildman–Crippen LogP) is 3.72. The van der Waals surface area contributed by atoms with Crippen molar-refractivity contribution in [3.05, 3.63) is 62.3 Å². The summed E-state index contributed by atoms with van der Waals surface area (Å²) < 4.78 is 5.44. The van der Waals surface area contributed by atoms with Gasteiger partial charge in [-0.2, -0.15) is 0 Å². The smallest absolute Gasteiger partial charge is 0.329 e. The maximum absolute atomic E-state index is 12.5. The fourth-order valence-electron chi connectivity index (χ4n) is 2.32. The third kappa shape index (κ3) is 4.89. The number of hydrogen-bond acceptors (Lipinski definition) is 6. The lowest BCUT2D eigenvalue weighted by molar-refractivity contribution is -0.385. The second-order valence-electron chi connectivity index (χ2n) is 6.10. The first-order valence-corrected chi connectivity index (χ1v) is 8.96. The van der Waals surface area contributed by atoms with E-state index in [2.05, 4.69) is 5.32 Å². The van der Waals surface area contributed by atoms with E-state index >= 15 is 0 Å². The Morgan fingerprint density at radius 1 is 1.19 bits per heavy atom. The van der Waals surface area contributed by atoms with Gasteiger partial charge < -0.3 is 10.1 Å². The van der Waals surface area contributed by atoms with Crippen LogP contribution in [-0.4, -0.2) is 22.8 Å². The van der Waals surface area contributed by atoms with Crippen molar-refractivity contribution in [2.75, 3.05) is 0 Å². The summed E-state index contributed by atoms with van der Waals surface area (Å²) in [5.74, 6) is -1.09. The van der Waals surface area contributed by atoms with Crippen molar-refractivity contribution < 1.29 is 19.2 Å². The Morgan fingerprint density at radius 2 is 1.92 bits per heavy atom. The van der Waals surface area contributed by atoms with Crippen LogP contribution in [-0.2, 0) is 9.53 Å². The van der Waals surface area contributed by atoms with E-state index in [0.29, 0.717) is 10.4 Å². The molecule has 0 radical (unpaired) electrons. The molecule has 8 heteroatoms. The summed E-state index contributed by atoms with van der Waals surface area (Å²) in [6.45, 7) is 5.24. The SMILES string of the molecule is CC(C)[C@H](NC(=O)c1cccs1)C(=O)O[C@H](C)c1cccc([N+](=O)[O-])c1. The third-order valence-corrected chi connectivity index (χ3v) is 4.66. The molecule has 26 heavy (non-hydrogen) atoms. The molecule has 2 rings (SSSR count). The predicted molar refractivity (Wildman–Crippen MR) is 98.0 cm³/mol. The fraction of sp³-hybridized carbons (Fsp3) is 0.333. The Morgan fingerprint density at radius 3 is 2.50 bits per heavy atom. The molecule has 1 aromatic heterocycles. The van der Waals surface area contributed by atoms with Gasteiger partial charge >= 0.3 is 5.97 Å². The van der Waals surface area contributed by atoms with Crippen molar-refractivity contribution >= 4 is 28.9 Å². The number of rotatable bonds is 7. The van der Waals surface area contributed by atoms with Crippen LogP contribution in [0.1, 0.15) is 42.1 Å². The van der Waals surface area contributed by atoms with Crippen LogP contribution in [0.3, 0.4) is 0 Å². The number of benzene rings is 1. The highest BCUT2D eigenvalue weighted by molar-refractivity contribution is 7.12. The van der Waals surface area contributed by atoms with Crippen LogP contribution in [0, 0.1) is 16.0 Å². The van der Waals surface area contributed by atoms with E-state index in [1.54, 1.807) is 44.4 Å². The summed E-state index contributed by atoms with van der Waals surface area (Å²) in [6, 6.07) is 8.55. The maximum Gasteiger partial charge on any atom is 0.329 e. The van der Waals surface area contributed by atoms with Gasteiger partial charge in [0, 0.05) is 12.1 Å². The normalized spacial score (nSPS) is 13.1. The van der Waals surface area contributed by atoms with Crippen LogP contribution in [0.4, 0.5) is 5.69 Å². The topological polar surface area (TPSA) is 98.5 Å². The fourth-order valence-corrected chi connectivity index (χ4v) is 2.95. The summed E-state index contributed by atoms with van der Waals surface area (Å²) >= 11 is 1.28. The number of esters is 1. The number of thiophene rings is 1. The number of nitrogens with one attached hydrogen (secondary N) is 1. The summed E-state index contributed by atoms with van der Waals surface area (Å²) in [4.78, 5) is 35.6. The molecule has 1 heterocycles. The third-order valence-electron chi connectivity index (χ3n) is 3.80. The number of nitrogens with zero attached hydrogens (tertiary/aromatic N) is 1. The monoisotopic (exact) mass is 376 g/mol. The van der Waals surface area contributed by atoms with Gasteiger partial charge in [0.2, 0.25) is 0 Å². The van der Waals surface area contributed by atoms with Gasteiger partial charge in [-0.15, -0.1) is 11.3 Å². The number of nitro benzene ring substituents is 1. The summed E-state index contributed by atoms with van der Waals surface area (Å²) in [7, 11) is 0. The Balaban J connectivity index is 2.08. The number of ether oxygens (including phenoxy) is 1. The van der Waals surface area contributed by atoms with Crippen LogP contribution in [0.15, 0.2) is 41.8 Å². The summed E-state index contributed by atoms with van der Waals surface area (Å²) in [5.41, 5.74) is 0.441. The zero-order valence-electron chi connectivity index (χ0n) is 14.7. The highest BCUT2D eigenvalue weighted by atomic mass is 32.1. The number of hydrogen-bond donors (Lipinski definition) is 1. The molecule has 0 bridgehead atoms. The minimum absolute atomic E-state index is 0.0724. The largest absolute Gasteiger partial charge is 0.456 e. The quantitative estimate of drug-likeness (QED) is 0.451. The van der Waals surface area contributed by atoms with E-state index < -0.39 is 23.0 Å². The zero-order valence-corrected chi connectivity index (χ0v) is 15.5. The Hall–Kier alpha value is -2.74. The molecule has 138 valence electrons. The van der Waals surface area contributed by atoms with Gasteiger partial charge in [-0.1, -0.05) is 32.0 Å². The van der Waals surface area contributed by atoms with Crippen molar-refractivity contribution in [1.29, 1.82) is 0 Å². The molecule has 0 aliphatic rings. The van der Waals surface area contributed by atoms with E-state index in [-0.39, 0.29) is 17.5 Å². The average Bonchev–Trinajstić information content (AvgIpc) is 3.13. The highest BCUT2D eigenvalue weighted by Crippen LogP contribution is 2.23. The molecule has 0 aliphatic heterocycles. The van der Waals surface area contributed by atoms with Crippen molar-refractivity contribution in [2.45, 2.75) is 32.9 Å². The molecular weight excluding hydrogens is 356 g/mol.